The van der Waals surface area contributed by atoms with Gasteiger partial charge in [-0.25, -0.2) is 4.68 Å². The zero-order valence-electron chi connectivity index (χ0n) is 16.3. The van der Waals surface area contributed by atoms with E-state index >= 15 is 0 Å². The summed E-state index contributed by atoms with van der Waals surface area (Å²) in [5, 5.41) is 3.89. The number of nitrogens with zero attached hydrogens (tertiary/aromatic N) is 3. The molecule has 0 aliphatic carbocycles. The van der Waals surface area contributed by atoms with E-state index in [2.05, 4.69) is 5.10 Å². The number of benzene rings is 2. The standard InChI is InChI=1S/C22H20F3N3O2/c1-15-7-9-17(10-8-15)28-20(22(23,24)25)18(13-26-28)21(29)27-11-12-30-19(14-27)16-5-3-2-4-6-16/h2-10,13,19H,11-12,14H2,1H3/t19-/m0/s1. The fourth-order valence-electron chi connectivity index (χ4n) is 3.53. The molecule has 0 spiro atoms. The third-order valence-corrected chi connectivity index (χ3v) is 5.07. The topological polar surface area (TPSA) is 47.4 Å². The van der Waals surface area contributed by atoms with Crippen molar-refractivity contribution in [3.05, 3.63) is 83.2 Å². The van der Waals surface area contributed by atoms with E-state index in [0.29, 0.717) is 0 Å². The summed E-state index contributed by atoms with van der Waals surface area (Å²) in [5.74, 6) is -0.704. The average Bonchev–Trinajstić information content (AvgIpc) is 3.20. The first-order valence-corrected chi connectivity index (χ1v) is 9.52. The molecule has 1 aromatic heterocycles. The van der Waals surface area contributed by atoms with Crippen molar-refractivity contribution in [3.63, 3.8) is 0 Å². The molecular weight excluding hydrogens is 395 g/mol. The van der Waals surface area contributed by atoms with Crippen molar-refractivity contribution in [2.75, 3.05) is 19.7 Å². The normalized spacial score (nSPS) is 17.2. The number of morpholine rings is 1. The molecule has 4 rings (SSSR count). The first-order chi connectivity index (χ1) is 14.3. The van der Waals surface area contributed by atoms with Gasteiger partial charge in [0.2, 0.25) is 0 Å². The van der Waals surface area contributed by atoms with Crippen LogP contribution in [0.3, 0.4) is 0 Å². The van der Waals surface area contributed by atoms with Crippen LogP contribution in [0.1, 0.15) is 33.3 Å². The van der Waals surface area contributed by atoms with E-state index in [-0.39, 0.29) is 31.5 Å². The Morgan fingerprint density at radius 2 is 1.80 bits per heavy atom. The minimum absolute atomic E-state index is 0.176. The molecular formula is C22H20F3N3O2. The van der Waals surface area contributed by atoms with Crippen LogP contribution >= 0.6 is 0 Å². The van der Waals surface area contributed by atoms with Gasteiger partial charge in [-0.2, -0.15) is 18.3 Å². The second-order valence-corrected chi connectivity index (χ2v) is 7.17. The van der Waals surface area contributed by atoms with E-state index in [9.17, 15) is 18.0 Å². The summed E-state index contributed by atoms with van der Waals surface area (Å²) in [4.78, 5) is 14.5. The monoisotopic (exact) mass is 415 g/mol. The summed E-state index contributed by atoms with van der Waals surface area (Å²) in [6.07, 6.45) is -4.12. The van der Waals surface area contributed by atoms with E-state index < -0.39 is 23.3 Å². The number of alkyl halides is 3. The molecule has 8 heteroatoms. The molecule has 2 aromatic carbocycles. The van der Waals surface area contributed by atoms with Crippen molar-refractivity contribution in [2.24, 2.45) is 0 Å². The third kappa shape index (κ3) is 3.95. The highest BCUT2D eigenvalue weighted by Gasteiger charge is 2.42. The predicted octanol–water partition coefficient (Wildman–Crippen LogP) is 4.41. The Morgan fingerprint density at radius 1 is 1.10 bits per heavy atom. The van der Waals surface area contributed by atoms with Gasteiger partial charge in [0.15, 0.2) is 5.69 Å². The van der Waals surface area contributed by atoms with Crippen molar-refractivity contribution in [3.8, 4) is 5.69 Å². The number of hydrogen-bond acceptors (Lipinski definition) is 3. The largest absolute Gasteiger partial charge is 0.434 e. The number of carbonyl (C=O) groups excluding carboxylic acids is 1. The Kier molecular flexibility index (Phi) is 5.34. The number of rotatable bonds is 3. The van der Waals surface area contributed by atoms with Crippen molar-refractivity contribution in [2.45, 2.75) is 19.2 Å². The summed E-state index contributed by atoms with van der Waals surface area (Å²) >= 11 is 0. The highest BCUT2D eigenvalue weighted by molar-refractivity contribution is 5.95. The Hall–Kier alpha value is -3.13. The summed E-state index contributed by atoms with van der Waals surface area (Å²) in [5.41, 5.74) is 0.504. The van der Waals surface area contributed by atoms with E-state index in [4.69, 9.17) is 4.74 Å². The summed E-state index contributed by atoms with van der Waals surface area (Å²) in [6.45, 7) is 2.48. The maximum Gasteiger partial charge on any atom is 0.434 e. The van der Waals surface area contributed by atoms with Crippen LogP contribution in [-0.4, -0.2) is 40.3 Å². The number of hydrogen-bond donors (Lipinski definition) is 0. The van der Waals surface area contributed by atoms with Crippen LogP contribution in [0.4, 0.5) is 13.2 Å². The molecule has 0 bridgehead atoms. The predicted molar refractivity (Wildman–Crippen MR) is 104 cm³/mol. The lowest BCUT2D eigenvalue weighted by atomic mass is 10.1. The molecule has 3 aromatic rings. The van der Waals surface area contributed by atoms with Gasteiger partial charge in [-0.15, -0.1) is 0 Å². The Balaban J connectivity index is 1.66. The maximum atomic E-state index is 13.9. The molecule has 0 N–H and O–H groups in total. The molecule has 1 saturated heterocycles. The first-order valence-electron chi connectivity index (χ1n) is 9.52. The zero-order valence-corrected chi connectivity index (χ0v) is 16.3. The van der Waals surface area contributed by atoms with Gasteiger partial charge in [0.1, 0.15) is 6.10 Å². The van der Waals surface area contributed by atoms with Gasteiger partial charge in [-0.05, 0) is 24.6 Å². The third-order valence-electron chi connectivity index (χ3n) is 5.07. The molecule has 1 fully saturated rings. The molecule has 1 aliphatic rings. The van der Waals surface area contributed by atoms with Crippen LogP contribution in [0, 0.1) is 6.92 Å². The zero-order chi connectivity index (χ0) is 21.3. The van der Waals surface area contributed by atoms with Crippen molar-refractivity contribution in [1.82, 2.24) is 14.7 Å². The van der Waals surface area contributed by atoms with Gasteiger partial charge in [0.25, 0.3) is 5.91 Å². The minimum Gasteiger partial charge on any atom is -0.370 e. The lowest BCUT2D eigenvalue weighted by molar-refractivity contribution is -0.143. The van der Waals surface area contributed by atoms with E-state index in [1.165, 1.54) is 4.90 Å². The number of ether oxygens (including phenoxy) is 1. The van der Waals surface area contributed by atoms with Crippen LogP contribution in [0.2, 0.25) is 0 Å². The fourth-order valence-corrected chi connectivity index (χ4v) is 3.53. The quantitative estimate of drug-likeness (QED) is 0.637. The minimum atomic E-state index is -4.74. The molecule has 0 saturated carbocycles. The van der Waals surface area contributed by atoms with Crippen LogP contribution in [0.15, 0.2) is 60.8 Å². The Labute approximate surface area is 171 Å². The van der Waals surface area contributed by atoms with Crippen molar-refractivity contribution in [1.29, 1.82) is 0 Å². The average molecular weight is 415 g/mol. The molecule has 5 nitrogen and oxygen atoms in total. The van der Waals surface area contributed by atoms with E-state index in [1.807, 2.05) is 37.3 Å². The second-order valence-electron chi connectivity index (χ2n) is 7.17. The number of halogens is 3. The van der Waals surface area contributed by atoms with Crippen LogP contribution < -0.4 is 0 Å². The Morgan fingerprint density at radius 3 is 2.47 bits per heavy atom. The number of aryl methyl sites for hydroxylation is 1. The molecule has 0 unspecified atom stereocenters. The van der Waals surface area contributed by atoms with Crippen molar-refractivity contribution < 1.29 is 22.7 Å². The van der Waals surface area contributed by atoms with Gasteiger partial charge >= 0.3 is 6.18 Å². The molecule has 1 atom stereocenters. The second kappa shape index (κ2) is 7.95. The lowest BCUT2D eigenvalue weighted by Gasteiger charge is -2.33. The van der Waals surface area contributed by atoms with E-state index in [0.717, 1.165) is 22.0 Å². The number of carbonyl (C=O) groups is 1. The highest BCUT2D eigenvalue weighted by Crippen LogP contribution is 2.35. The number of amides is 1. The Bertz CT molecular complexity index is 1030. The summed E-state index contributed by atoms with van der Waals surface area (Å²) in [7, 11) is 0. The first kappa shape index (κ1) is 20.2. The lowest BCUT2D eigenvalue weighted by Crippen LogP contribution is -2.42. The molecule has 0 radical (unpaired) electrons. The van der Waals surface area contributed by atoms with Gasteiger partial charge < -0.3 is 9.64 Å². The molecule has 156 valence electrons. The SMILES string of the molecule is Cc1ccc(-n2ncc(C(=O)N3CCO[C@H](c4ccccc4)C3)c2C(F)(F)F)cc1. The molecule has 1 amide bonds. The molecule has 30 heavy (non-hydrogen) atoms. The van der Waals surface area contributed by atoms with Crippen LogP contribution in [0.5, 0.6) is 0 Å². The molecule has 2 heterocycles. The van der Waals surface area contributed by atoms with Crippen LogP contribution in [-0.2, 0) is 10.9 Å². The maximum absolute atomic E-state index is 13.9. The van der Waals surface area contributed by atoms with Crippen molar-refractivity contribution >= 4 is 5.91 Å². The van der Waals surface area contributed by atoms with Crippen LogP contribution in [0.25, 0.3) is 5.69 Å². The highest BCUT2D eigenvalue weighted by atomic mass is 19.4. The smallest absolute Gasteiger partial charge is 0.370 e. The van der Waals surface area contributed by atoms with Gasteiger partial charge in [-0.3, -0.25) is 4.79 Å². The summed E-state index contributed by atoms with van der Waals surface area (Å²) in [6, 6.07) is 15.8. The fraction of sp³-hybridized carbons (Fsp3) is 0.273. The van der Waals surface area contributed by atoms with E-state index in [1.54, 1.807) is 24.3 Å². The van der Waals surface area contributed by atoms with Gasteiger partial charge in [0, 0.05) is 6.54 Å². The molecule has 1 aliphatic heterocycles. The van der Waals surface area contributed by atoms with Gasteiger partial charge in [-0.1, -0.05) is 48.0 Å². The van der Waals surface area contributed by atoms with Gasteiger partial charge in [0.05, 0.1) is 30.6 Å². The number of aromatic nitrogens is 2. The summed E-state index contributed by atoms with van der Waals surface area (Å²) < 4.78 is 48.3.